The lowest BCUT2D eigenvalue weighted by Gasteiger charge is -2.35. The van der Waals surface area contributed by atoms with Crippen molar-refractivity contribution in [2.45, 2.75) is 55.6 Å². The molecule has 48 heavy (non-hydrogen) atoms. The molecule has 0 saturated carbocycles. The van der Waals surface area contributed by atoms with E-state index in [4.69, 9.17) is 23.2 Å². The number of halogens is 2. The minimum atomic E-state index is -4.21. The number of benzene rings is 2. The van der Waals surface area contributed by atoms with Crippen LogP contribution in [0.15, 0.2) is 65.8 Å². The van der Waals surface area contributed by atoms with Crippen molar-refractivity contribution in [3.8, 4) is 6.07 Å². The number of sulfonamides is 1. The van der Waals surface area contributed by atoms with Crippen LogP contribution in [0.2, 0.25) is 10.0 Å². The second-order valence-electron chi connectivity index (χ2n) is 12.1. The average Bonchev–Trinajstić information content (AvgIpc) is 3.52. The maximum atomic E-state index is 13.9. The number of rotatable bonds is 10. The molecular formula is C33H34Cl2N6O6S. The first-order chi connectivity index (χ1) is 22.9. The highest BCUT2D eigenvalue weighted by Crippen LogP contribution is 2.32. The van der Waals surface area contributed by atoms with Crippen LogP contribution < -0.4 is 10.6 Å². The molecule has 15 heteroatoms. The normalized spacial score (nSPS) is 20.8. The molecule has 0 radical (unpaired) electrons. The van der Waals surface area contributed by atoms with Crippen LogP contribution in [0.1, 0.15) is 47.7 Å². The summed E-state index contributed by atoms with van der Waals surface area (Å²) >= 11 is 12.1. The van der Waals surface area contributed by atoms with Gasteiger partial charge in [-0.25, -0.2) is 13.2 Å². The van der Waals surface area contributed by atoms with Gasteiger partial charge in [0.2, 0.25) is 15.9 Å². The highest BCUT2D eigenvalue weighted by Gasteiger charge is 2.46. The van der Waals surface area contributed by atoms with Crippen molar-refractivity contribution in [3.05, 3.63) is 87.7 Å². The molecule has 2 saturated heterocycles. The predicted octanol–water partition coefficient (Wildman–Crippen LogP) is 4.19. The molecule has 0 bridgehead atoms. The number of nitrogens with zero attached hydrogens (tertiary/aromatic N) is 4. The number of nitrogens with one attached hydrogen (secondary N) is 2. The van der Waals surface area contributed by atoms with Crippen molar-refractivity contribution >= 4 is 56.7 Å². The molecule has 2 unspecified atom stereocenters. The Kier molecular flexibility index (Phi) is 11.0. The van der Waals surface area contributed by atoms with E-state index in [9.17, 15) is 33.2 Å². The van der Waals surface area contributed by atoms with E-state index in [0.29, 0.717) is 17.2 Å². The molecule has 2 aliphatic heterocycles. The monoisotopic (exact) mass is 712 g/mol. The van der Waals surface area contributed by atoms with Crippen LogP contribution in [0.4, 0.5) is 5.69 Å². The van der Waals surface area contributed by atoms with Crippen LogP contribution in [0.3, 0.4) is 0 Å². The van der Waals surface area contributed by atoms with Crippen molar-refractivity contribution < 1.29 is 27.9 Å². The number of nitriles is 1. The fourth-order valence-electron chi connectivity index (χ4n) is 6.22. The van der Waals surface area contributed by atoms with E-state index in [1.165, 1.54) is 36.7 Å². The maximum absolute atomic E-state index is 13.9. The van der Waals surface area contributed by atoms with Crippen LogP contribution in [0.5, 0.6) is 0 Å². The number of piperidine rings is 1. The number of likely N-dealkylation sites (tertiary alicyclic amines) is 1. The second kappa shape index (κ2) is 15.0. The molecule has 5 rings (SSSR count). The van der Waals surface area contributed by atoms with Gasteiger partial charge in [0.15, 0.2) is 0 Å². The summed E-state index contributed by atoms with van der Waals surface area (Å²) in [6.45, 7) is 3.74. The zero-order valence-electron chi connectivity index (χ0n) is 26.0. The van der Waals surface area contributed by atoms with Gasteiger partial charge >= 0.3 is 5.97 Å². The molecule has 2 aliphatic rings. The lowest BCUT2D eigenvalue weighted by atomic mass is 9.98. The van der Waals surface area contributed by atoms with Gasteiger partial charge in [-0.1, -0.05) is 48.3 Å². The molecule has 1 aromatic heterocycles. The molecule has 2 amide bonds. The number of pyridine rings is 1. The summed E-state index contributed by atoms with van der Waals surface area (Å²) in [5, 5.41) is 24.8. The minimum absolute atomic E-state index is 0.0591. The zero-order valence-corrected chi connectivity index (χ0v) is 28.3. The van der Waals surface area contributed by atoms with Gasteiger partial charge in [-0.15, -0.1) is 0 Å². The van der Waals surface area contributed by atoms with Gasteiger partial charge in [0, 0.05) is 43.6 Å². The molecule has 3 heterocycles. The Morgan fingerprint density at radius 3 is 2.46 bits per heavy atom. The number of carboxylic acids is 1. The molecule has 2 aromatic carbocycles. The van der Waals surface area contributed by atoms with E-state index in [2.05, 4.69) is 27.4 Å². The molecule has 0 spiro atoms. The van der Waals surface area contributed by atoms with Crippen molar-refractivity contribution in [2.75, 3.05) is 25.0 Å². The largest absolute Gasteiger partial charge is 0.480 e. The highest BCUT2D eigenvalue weighted by molar-refractivity contribution is 7.89. The quantitative estimate of drug-likeness (QED) is 0.279. The van der Waals surface area contributed by atoms with E-state index in [1.807, 2.05) is 6.07 Å². The molecule has 4 atom stereocenters. The lowest BCUT2D eigenvalue weighted by molar-refractivity contribution is -0.142. The standard InChI is InChI=1S/C33H34Cl2N6O6S/c1-20-4-3-11-40(18-20)24-14-29(41(19-24)48(46,47)25-6-2-5-22(12-25)15-36)31(42)39-28(33(44)45)13-21-7-9-23(10-8-21)38-32(43)30-26(34)16-37-17-27(30)35/h2,5-10,12,16-17,20,24,28-29H,3-4,11,13-14,18-19H2,1H3,(H,38,43)(H,39,42)(H,44,45)/t20?,24?,28-,29-/m0/s1. The highest BCUT2D eigenvalue weighted by atomic mass is 35.5. The Labute approximate surface area is 288 Å². The van der Waals surface area contributed by atoms with Gasteiger partial charge in [-0.3, -0.25) is 19.5 Å². The molecule has 3 aromatic rings. The fraction of sp³-hybridized carbons (Fsp3) is 0.364. The van der Waals surface area contributed by atoms with Crippen LogP contribution in [-0.4, -0.2) is 83.3 Å². The first-order valence-corrected chi connectivity index (χ1v) is 17.6. The van der Waals surface area contributed by atoms with Crippen molar-refractivity contribution in [2.24, 2.45) is 5.92 Å². The van der Waals surface area contributed by atoms with Gasteiger partial charge in [-0.2, -0.15) is 9.57 Å². The first kappa shape index (κ1) is 35.3. The third kappa shape index (κ3) is 7.97. The third-order valence-corrected chi connectivity index (χ3v) is 11.1. The second-order valence-corrected chi connectivity index (χ2v) is 14.8. The van der Waals surface area contributed by atoms with Crippen LogP contribution >= 0.6 is 23.2 Å². The predicted molar refractivity (Wildman–Crippen MR) is 179 cm³/mol. The summed E-state index contributed by atoms with van der Waals surface area (Å²) in [6, 6.07) is 11.2. The minimum Gasteiger partial charge on any atom is -0.480 e. The third-order valence-electron chi connectivity index (χ3n) is 8.66. The Bertz CT molecular complexity index is 1830. The Balaban J connectivity index is 1.32. The number of anilines is 1. The molecule has 3 N–H and O–H groups in total. The molecular weight excluding hydrogens is 679 g/mol. The van der Waals surface area contributed by atoms with Crippen LogP contribution in [0.25, 0.3) is 0 Å². The van der Waals surface area contributed by atoms with E-state index in [1.54, 1.807) is 24.3 Å². The van der Waals surface area contributed by atoms with E-state index >= 15 is 0 Å². The fourth-order valence-corrected chi connectivity index (χ4v) is 8.44. The van der Waals surface area contributed by atoms with Crippen molar-refractivity contribution in [1.82, 2.24) is 19.5 Å². The Morgan fingerprint density at radius 1 is 1.10 bits per heavy atom. The number of hydrogen-bond acceptors (Lipinski definition) is 8. The summed E-state index contributed by atoms with van der Waals surface area (Å²) < 4.78 is 29.0. The van der Waals surface area contributed by atoms with Gasteiger partial charge in [0.1, 0.15) is 12.1 Å². The zero-order chi connectivity index (χ0) is 34.6. The van der Waals surface area contributed by atoms with Gasteiger partial charge in [0.25, 0.3) is 5.91 Å². The smallest absolute Gasteiger partial charge is 0.326 e. The van der Waals surface area contributed by atoms with Gasteiger partial charge in [-0.05, 0) is 67.6 Å². The summed E-state index contributed by atoms with van der Waals surface area (Å²) in [5.74, 6) is -2.14. The summed E-state index contributed by atoms with van der Waals surface area (Å²) in [7, 11) is -4.21. The molecule has 2 fully saturated rings. The SMILES string of the molecule is CC1CCCN(C2C[C@@H](C(=O)N[C@@H](Cc3ccc(NC(=O)c4c(Cl)cncc4Cl)cc3)C(=O)O)N(S(=O)(=O)c3cccc(C#N)c3)C2)C1. The number of carbonyl (C=O) groups excluding carboxylic acids is 2. The number of carboxylic acid groups (broad SMARTS) is 1. The van der Waals surface area contributed by atoms with E-state index < -0.39 is 39.9 Å². The maximum Gasteiger partial charge on any atom is 0.326 e. The Morgan fingerprint density at radius 2 is 1.81 bits per heavy atom. The first-order valence-electron chi connectivity index (χ1n) is 15.4. The number of aromatic nitrogens is 1. The lowest BCUT2D eigenvalue weighted by Crippen LogP contribution is -2.51. The van der Waals surface area contributed by atoms with Gasteiger partial charge < -0.3 is 15.7 Å². The average molecular weight is 714 g/mol. The van der Waals surface area contributed by atoms with Crippen LogP contribution in [0, 0.1) is 17.2 Å². The molecule has 0 aliphatic carbocycles. The number of carbonyl (C=O) groups is 3. The molecule has 12 nitrogen and oxygen atoms in total. The Hall–Kier alpha value is -4.06. The van der Waals surface area contributed by atoms with Crippen molar-refractivity contribution in [1.29, 1.82) is 5.26 Å². The summed E-state index contributed by atoms with van der Waals surface area (Å²) in [4.78, 5) is 44.8. The summed E-state index contributed by atoms with van der Waals surface area (Å²) in [5.41, 5.74) is 1.17. The van der Waals surface area contributed by atoms with Crippen molar-refractivity contribution in [3.63, 3.8) is 0 Å². The number of amides is 2. The number of hydrogen-bond donors (Lipinski definition) is 3. The van der Waals surface area contributed by atoms with E-state index in [-0.39, 0.29) is 51.5 Å². The van der Waals surface area contributed by atoms with E-state index in [0.717, 1.165) is 30.2 Å². The summed E-state index contributed by atoms with van der Waals surface area (Å²) in [6.07, 6.45) is 4.71. The van der Waals surface area contributed by atoms with Crippen LogP contribution in [-0.2, 0) is 26.0 Å². The number of aliphatic carboxylic acids is 1. The topological polar surface area (TPSA) is 173 Å². The molecule has 252 valence electrons. The van der Waals surface area contributed by atoms with Gasteiger partial charge in [0.05, 0.1) is 32.1 Å².